The molecule has 1 aliphatic carbocycles. The van der Waals surface area contributed by atoms with Crippen LogP contribution in [0.4, 0.5) is 5.69 Å². The Morgan fingerprint density at radius 3 is 2.76 bits per heavy atom. The second-order valence-electron chi connectivity index (χ2n) is 4.22. The van der Waals surface area contributed by atoms with Crippen LogP contribution in [0.25, 0.3) is 0 Å². The van der Waals surface area contributed by atoms with Gasteiger partial charge in [-0.15, -0.1) is 0 Å². The molecule has 0 amide bonds. The van der Waals surface area contributed by atoms with Crippen LogP contribution in [0.15, 0.2) is 22.7 Å². The summed E-state index contributed by atoms with van der Waals surface area (Å²) in [5, 5.41) is 10.8. The number of hydrogen-bond acceptors (Lipinski definition) is 3. The number of nitro benzene ring substituents is 1. The van der Waals surface area contributed by atoms with Crippen molar-refractivity contribution >= 4 is 21.6 Å². The molecule has 1 fully saturated rings. The molecular weight excluding hydrogens is 286 g/mol. The van der Waals surface area contributed by atoms with E-state index in [1.54, 1.807) is 6.07 Å². The molecule has 0 spiro atoms. The topological polar surface area (TPSA) is 52.4 Å². The summed E-state index contributed by atoms with van der Waals surface area (Å²) in [7, 11) is 0. The molecule has 5 heteroatoms. The van der Waals surface area contributed by atoms with Crippen molar-refractivity contribution in [1.82, 2.24) is 0 Å². The SMILES string of the molecule is O=[N+]([O-])c1cccc(COC2CCCC2)c1Br. The Labute approximate surface area is 108 Å². The number of hydrogen-bond donors (Lipinski definition) is 0. The Morgan fingerprint density at radius 1 is 1.41 bits per heavy atom. The number of rotatable bonds is 4. The Hall–Kier alpha value is -0.940. The van der Waals surface area contributed by atoms with Gasteiger partial charge in [-0.1, -0.05) is 25.0 Å². The summed E-state index contributed by atoms with van der Waals surface area (Å²) in [6.45, 7) is 0.437. The summed E-state index contributed by atoms with van der Waals surface area (Å²) in [5.74, 6) is 0. The molecule has 1 aromatic carbocycles. The van der Waals surface area contributed by atoms with Crippen molar-refractivity contribution in [1.29, 1.82) is 0 Å². The first-order valence-electron chi connectivity index (χ1n) is 5.72. The first kappa shape index (κ1) is 12.5. The Kier molecular flexibility index (Phi) is 4.12. The summed E-state index contributed by atoms with van der Waals surface area (Å²) in [5.41, 5.74) is 0.934. The van der Waals surface area contributed by atoms with Crippen molar-refractivity contribution in [3.8, 4) is 0 Å². The molecule has 1 aliphatic rings. The lowest BCUT2D eigenvalue weighted by Gasteiger charge is -2.11. The summed E-state index contributed by atoms with van der Waals surface area (Å²) >= 11 is 3.27. The quantitative estimate of drug-likeness (QED) is 0.627. The van der Waals surface area contributed by atoms with E-state index in [1.807, 2.05) is 6.07 Å². The normalized spacial score (nSPS) is 16.3. The van der Waals surface area contributed by atoms with Crippen LogP contribution >= 0.6 is 15.9 Å². The number of benzene rings is 1. The lowest BCUT2D eigenvalue weighted by atomic mass is 10.2. The highest BCUT2D eigenvalue weighted by Gasteiger charge is 2.18. The van der Waals surface area contributed by atoms with Crippen LogP contribution < -0.4 is 0 Å². The monoisotopic (exact) mass is 299 g/mol. The van der Waals surface area contributed by atoms with Gasteiger partial charge in [0, 0.05) is 6.07 Å². The summed E-state index contributed by atoms with van der Waals surface area (Å²) in [6.07, 6.45) is 4.97. The highest BCUT2D eigenvalue weighted by Crippen LogP contribution is 2.30. The molecule has 2 rings (SSSR count). The summed E-state index contributed by atoms with van der Waals surface area (Å²) in [6, 6.07) is 5.03. The molecule has 1 aromatic rings. The van der Waals surface area contributed by atoms with Crippen molar-refractivity contribution in [3.63, 3.8) is 0 Å². The first-order valence-corrected chi connectivity index (χ1v) is 6.51. The number of nitrogens with zero attached hydrogens (tertiary/aromatic N) is 1. The molecular formula is C12H14BrNO3. The largest absolute Gasteiger partial charge is 0.373 e. The van der Waals surface area contributed by atoms with E-state index >= 15 is 0 Å². The van der Waals surface area contributed by atoms with Gasteiger partial charge in [-0.25, -0.2) is 0 Å². The third-order valence-corrected chi connectivity index (χ3v) is 3.95. The van der Waals surface area contributed by atoms with Gasteiger partial charge in [-0.2, -0.15) is 0 Å². The van der Waals surface area contributed by atoms with Crippen molar-refractivity contribution < 1.29 is 9.66 Å². The Bertz CT molecular complexity index is 416. The van der Waals surface area contributed by atoms with E-state index < -0.39 is 0 Å². The highest BCUT2D eigenvalue weighted by atomic mass is 79.9. The zero-order valence-corrected chi connectivity index (χ0v) is 11.0. The maximum Gasteiger partial charge on any atom is 0.283 e. The van der Waals surface area contributed by atoms with Gasteiger partial charge in [-0.3, -0.25) is 10.1 Å². The molecule has 0 bridgehead atoms. The minimum absolute atomic E-state index is 0.0949. The van der Waals surface area contributed by atoms with Crippen LogP contribution in [0.3, 0.4) is 0 Å². The molecule has 0 heterocycles. The fraction of sp³-hybridized carbons (Fsp3) is 0.500. The second kappa shape index (κ2) is 5.60. The fourth-order valence-corrected chi connectivity index (χ4v) is 2.60. The van der Waals surface area contributed by atoms with Crippen LogP contribution in [0.1, 0.15) is 31.2 Å². The predicted molar refractivity (Wildman–Crippen MR) is 67.8 cm³/mol. The van der Waals surface area contributed by atoms with E-state index in [2.05, 4.69) is 15.9 Å². The van der Waals surface area contributed by atoms with Crippen LogP contribution in [-0.2, 0) is 11.3 Å². The average molecular weight is 300 g/mol. The maximum absolute atomic E-state index is 10.8. The third kappa shape index (κ3) is 3.04. The Balaban J connectivity index is 2.04. The standard InChI is InChI=1S/C12H14BrNO3/c13-12-9(4-3-7-11(12)14(15)16)8-17-10-5-1-2-6-10/h3-4,7,10H,1-2,5-6,8H2. The fourth-order valence-electron chi connectivity index (χ4n) is 2.08. The average Bonchev–Trinajstić information content (AvgIpc) is 2.80. The maximum atomic E-state index is 10.8. The highest BCUT2D eigenvalue weighted by molar-refractivity contribution is 9.10. The molecule has 0 radical (unpaired) electrons. The van der Waals surface area contributed by atoms with E-state index in [4.69, 9.17) is 4.74 Å². The van der Waals surface area contributed by atoms with Gasteiger partial charge in [0.1, 0.15) is 4.47 Å². The van der Waals surface area contributed by atoms with Gasteiger partial charge in [0.2, 0.25) is 0 Å². The number of halogens is 1. The van der Waals surface area contributed by atoms with Gasteiger partial charge >= 0.3 is 0 Å². The summed E-state index contributed by atoms with van der Waals surface area (Å²) < 4.78 is 6.28. The second-order valence-corrected chi connectivity index (χ2v) is 5.02. The van der Waals surface area contributed by atoms with Gasteiger partial charge < -0.3 is 4.74 Å². The predicted octanol–water partition coefficient (Wildman–Crippen LogP) is 3.82. The zero-order valence-electron chi connectivity index (χ0n) is 9.39. The zero-order chi connectivity index (χ0) is 12.3. The van der Waals surface area contributed by atoms with E-state index in [1.165, 1.54) is 18.9 Å². The number of nitro groups is 1. The van der Waals surface area contributed by atoms with Gasteiger partial charge in [0.25, 0.3) is 5.69 Å². The van der Waals surface area contributed by atoms with Crippen molar-refractivity contribution in [2.24, 2.45) is 0 Å². The molecule has 0 atom stereocenters. The van der Waals surface area contributed by atoms with E-state index in [0.717, 1.165) is 18.4 Å². The molecule has 0 aromatic heterocycles. The van der Waals surface area contributed by atoms with Gasteiger partial charge in [0.05, 0.1) is 17.6 Å². The smallest absolute Gasteiger partial charge is 0.283 e. The van der Waals surface area contributed by atoms with Crippen molar-refractivity contribution in [2.75, 3.05) is 0 Å². The first-order chi connectivity index (χ1) is 8.18. The molecule has 92 valence electrons. The van der Waals surface area contributed by atoms with Crippen molar-refractivity contribution in [3.05, 3.63) is 38.3 Å². The summed E-state index contributed by atoms with van der Waals surface area (Å²) in [4.78, 5) is 10.4. The molecule has 0 unspecified atom stereocenters. The van der Waals surface area contributed by atoms with Crippen LogP contribution in [0.5, 0.6) is 0 Å². The van der Waals surface area contributed by atoms with Gasteiger partial charge in [0.15, 0.2) is 0 Å². The number of ether oxygens (including phenoxy) is 1. The molecule has 4 nitrogen and oxygen atoms in total. The molecule has 17 heavy (non-hydrogen) atoms. The minimum atomic E-state index is -0.386. The molecule has 0 saturated heterocycles. The minimum Gasteiger partial charge on any atom is -0.373 e. The lowest BCUT2D eigenvalue weighted by Crippen LogP contribution is -2.07. The van der Waals surface area contributed by atoms with E-state index in [0.29, 0.717) is 17.2 Å². The Morgan fingerprint density at radius 2 is 2.12 bits per heavy atom. The third-order valence-electron chi connectivity index (χ3n) is 3.03. The molecule has 0 aliphatic heterocycles. The van der Waals surface area contributed by atoms with E-state index in [-0.39, 0.29) is 10.6 Å². The van der Waals surface area contributed by atoms with E-state index in [9.17, 15) is 10.1 Å². The van der Waals surface area contributed by atoms with Crippen molar-refractivity contribution in [2.45, 2.75) is 38.4 Å². The van der Waals surface area contributed by atoms with Crippen LogP contribution in [0, 0.1) is 10.1 Å². The molecule has 1 saturated carbocycles. The van der Waals surface area contributed by atoms with Crippen LogP contribution in [0.2, 0.25) is 0 Å². The molecule has 0 N–H and O–H groups in total. The van der Waals surface area contributed by atoms with Gasteiger partial charge in [-0.05, 0) is 34.3 Å². The van der Waals surface area contributed by atoms with Crippen LogP contribution in [-0.4, -0.2) is 11.0 Å². The lowest BCUT2D eigenvalue weighted by molar-refractivity contribution is -0.385.